The lowest BCUT2D eigenvalue weighted by atomic mass is 10.1. The number of hydrogen-bond acceptors (Lipinski definition) is 1. The molecule has 1 aromatic carbocycles. The Balaban J connectivity index is 2.63. The van der Waals surface area contributed by atoms with Gasteiger partial charge in [0, 0.05) is 6.42 Å². The van der Waals surface area contributed by atoms with Crippen molar-refractivity contribution < 1.29 is 9.50 Å². The molecule has 1 rings (SSSR count). The molecule has 0 unspecified atom stereocenters. The zero-order chi connectivity index (χ0) is 8.81. The molecule has 0 aliphatic carbocycles. The SMILES string of the molecule is OCC#CCc1cccc(F)c1. The Bertz CT molecular complexity index is 309. The third kappa shape index (κ3) is 2.73. The normalized spacial score (nSPS) is 8.83. The molecule has 2 heteroatoms. The summed E-state index contributed by atoms with van der Waals surface area (Å²) in [6.45, 7) is -0.144. The van der Waals surface area contributed by atoms with E-state index in [0.717, 1.165) is 5.56 Å². The first-order valence-corrected chi connectivity index (χ1v) is 3.64. The van der Waals surface area contributed by atoms with Gasteiger partial charge in [-0.25, -0.2) is 4.39 Å². The number of aliphatic hydroxyl groups is 1. The molecule has 0 spiro atoms. The maximum Gasteiger partial charge on any atom is 0.123 e. The van der Waals surface area contributed by atoms with Crippen LogP contribution in [0.1, 0.15) is 5.56 Å². The Morgan fingerprint density at radius 1 is 1.33 bits per heavy atom. The minimum Gasteiger partial charge on any atom is -0.384 e. The quantitative estimate of drug-likeness (QED) is 0.621. The Morgan fingerprint density at radius 2 is 2.17 bits per heavy atom. The van der Waals surface area contributed by atoms with Crippen LogP contribution in [-0.2, 0) is 6.42 Å². The molecule has 0 amide bonds. The molecule has 12 heavy (non-hydrogen) atoms. The molecule has 0 saturated heterocycles. The molecule has 0 radical (unpaired) electrons. The molecule has 0 aliphatic heterocycles. The summed E-state index contributed by atoms with van der Waals surface area (Å²) in [7, 11) is 0. The van der Waals surface area contributed by atoms with Gasteiger partial charge in [0.15, 0.2) is 0 Å². The van der Waals surface area contributed by atoms with Crippen molar-refractivity contribution in [3.05, 3.63) is 35.6 Å². The highest BCUT2D eigenvalue weighted by Crippen LogP contribution is 2.02. The number of aliphatic hydroxyl groups excluding tert-OH is 1. The lowest BCUT2D eigenvalue weighted by Crippen LogP contribution is -1.83. The molecule has 1 nitrogen and oxygen atoms in total. The Kier molecular flexibility index (Phi) is 3.31. The number of rotatable bonds is 1. The van der Waals surface area contributed by atoms with Gasteiger partial charge in [0.1, 0.15) is 12.4 Å². The Hall–Kier alpha value is -1.33. The lowest BCUT2D eigenvalue weighted by molar-refractivity contribution is 0.350. The van der Waals surface area contributed by atoms with E-state index in [1.54, 1.807) is 12.1 Å². The third-order valence-electron chi connectivity index (χ3n) is 1.39. The molecule has 1 aromatic rings. The van der Waals surface area contributed by atoms with E-state index in [0.29, 0.717) is 6.42 Å². The Morgan fingerprint density at radius 3 is 2.83 bits per heavy atom. The zero-order valence-electron chi connectivity index (χ0n) is 6.55. The van der Waals surface area contributed by atoms with Crippen LogP contribution in [0.15, 0.2) is 24.3 Å². The molecule has 0 heterocycles. The summed E-state index contributed by atoms with van der Waals surface area (Å²) in [6, 6.07) is 6.27. The fourth-order valence-corrected chi connectivity index (χ4v) is 0.867. The Labute approximate surface area is 70.9 Å². The summed E-state index contributed by atoms with van der Waals surface area (Å²) in [5.41, 5.74) is 0.830. The van der Waals surface area contributed by atoms with E-state index in [4.69, 9.17) is 5.11 Å². The van der Waals surface area contributed by atoms with Gasteiger partial charge in [0.05, 0.1) is 0 Å². The first-order valence-electron chi connectivity index (χ1n) is 3.64. The maximum absolute atomic E-state index is 12.6. The predicted molar refractivity (Wildman–Crippen MR) is 45.0 cm³/mol. The second-order valence-electron chi connectivity index (χ2n) is 2.32. The van der Waals surface area contributed by atoms with Gasteiger partial charge in [-0.3, -0.25) is 0 Å². The van der Waals surface area contributed by atoms with Gasteiger partial charge in [-0.05, 0) is 17.7 Å². The van der Waals surface area contributed by atoms with Crippen LogP contribution in [0.25, 0.3) is 0 Å². The van der Waals surface area contributed by atoms with Gasteiger partial charge >= 0.3 is 0 Å². The van der Waals surface area contributed by atoms with Crippen LogP contribution >= 0.6 is 0 Å². The van der Waals surface area contributed by atoms with Gasteiger partial charge in [0.2, 0.25) is 0 Å². The van der Waals surface area contributed by atoms with Crippen molar-refractivity contribution in [2.75, 3.05) is 6.61 Å². The van der Waals surface area contributed by atoms with Crippen molar-refractivity contribution in [1.29, 1.82) is 0 Å². The summed E-state index contributed by atoms with van der Waals surface area (Å²) >= 11 is 0. The van der Waals surface area contributed by atoms with Gasteiger partial charge in [0.25, 0.3) is 0 Å². The van der Waals surface area contributed by atoms with Crippen molar-refractivity contribution in [2.45, 2.75) is 6.42 Å². The highest BCUT2D eigenvalue weighted by atomic mass is 19.1. The van der Waals surface area contributed by atoms with Crippen molar-refractivity contribution in [3.8, 4) is 11.8 Å². The fraction of sp³-hybridized carbons (Fsp3) is 0.200. The number of benzene rings is 1. The largest absolute Gasteiger partial charge is 0.384 e. The minimum atomic E-state index is -0.252. The summed E-state index contributed by atoms with van der Waals surface area (Å²) in [5.74, 6) is 4.96. The molecule has 0 fully saturated rings. The van der Waals surface area contributed by atoms with E-state index in [1.807, 2.05) is 0 Å². The third-order valence-corrected chi connectivity index (χ3v) is 1.39. The molecule has 1 N–H and O–H groups in total. The molecule has 62 valence electrons. The molecule has 0 saturated carbocycles. The van der Waals surface area contributed by atoms with Gasteiger partial charge in [-0.15, -0.1) is 0 Å². The van der Waals surface area contributed by atoms with Crippen LogP contribution in [0.3, 0.4) is 0 Å². The second kappa shape index (κ2) is 4.53. The second-order valence-corrected chi connectivity index (χ2v) is 2.32. The molecule has 0 aliphatic rings. The van der Waals surface area contributed by atoms with Gasteiger partial charge in [-0.1, -0.05) is 24.0 Å². The summed E-state index contributed by atoms with van der Waals surface area (Å²) in [4.78, 5) is 0. The van der Waals surface area contributed by atoms with Crippen LogP contribution in [0, 0.1) is 17.7 Å². The van der Waals surface area contributed by atoms with E-state index >= 15 is 0 Å². The van der Waals surface area contributed by atoms with E-state index < -0.39 is 0 Å². The highest BCUT2D eigenvalue weighted by Gasteiger charge is 1.91. The molecular formula is C10H9FO. The topological polar surface area (TPSA) is 20.2 Å². The number of halogens is 1. The van der Waals surface area contributed by atoms with E-state index in [-0.39, 0.29) is 12.4 Å². The molecule has 0 bridgehead atoms. The lowest BCUT2D eigenvalue weighted by Gasteiger charge is -1.93. The summed E-state index contributed by atoms with van der Waals surface area (Å²) in [5, 5.41) is 8.35. The van der Waals surface area contributed by atoms with E-state index in [1.165, 1.54) is 12.1 Å². The minimum absolute atomic E-state index is 0.144. The van der Waals surface area contributed by atoms with Gasteiger partial charge < -0.3 is 5.11 Å². The first-order chi connectivity index (χ1) is 5.83. The van der Waals surface area contributed by atoms with E-state index in [9.17, 15) is 4.39 Å². The van der Waals surface area contributed by atoms with Crippen molar-refractivity contribution in [3.63, 3.8) is 0 Å². The molecule has 0 aromatic heterocycles. The zero-order valence-corrected chi connectivity index (χ0v) is 6.55. The average molecular weight is 164 g/mol. The van der Waals surface area contributed by atoms with Crippen LogP contribution in [0.4, 0.5) is 4.39 Å². The van der Waals surface area contributed by atoms with E-state index in [2.05, 4.69) is 11.8 Å². The monoisotopic (exact) mass is 164 g/mol. The van der Waals surface area contributed by atoms with Crippen LogP contribution in [0.5, 0.6) is 0 Å². The van der Waals surface area contributed by atoms with Crippen molar-refractivity contribution in [1.82, 2.24) is 0 Å². The highest BCUT2D eigenvalue weighted by molar-refractivity contribution is 5.21. The maximum atomic E-state index is 12.6. The van der Waals surface area contributed by atoms with Crippen LogP contribution in [0.2, 0.25) is 0 Å². The first kappa shape index (κ1) is 8.76. The number of hydrogen-bond donors (Lipinski definition) is 1. The molecule has 0 atom stereocenters. The van der Waals surface area contributed by atoms with Crippen molar-refractivity contribution in [2.24, 2.45) is 0 Å². The predicted octanol–water partition coefficient (Wildman–Crippen LogP) is 1.36. The van der Waals surface area contributed by atoms with Crippen LogP contribution < -0.4 is 0 Å². The molecular weight excluding hydrogens is 155 g/mol. The average Bonchev–Trinajstić information content (AvgIpc) is 2.05. The smallest absolute Gasteiger partial charge is 0.123 e. The van der Waals surface area contributed by atoms with Gasteiger partial charge in [-0.2, -0.15) is 0 Å². The van der Waals surface area contributed by atoms with Crippen LogP contribution in [-0.4, -0.2) is 11.7 Å². The summed E-state index contributed by atoms with van der Waals surface area (Å²) in [6.07, 6.45) is 0.484. The fourth-order valence-electron chi connectivity index (χ4n) is 0.867. The summed E-state index contributed by atoms with van der Waals surface area (Å²) < 4.78 is 12.6. The standard InChI is InChI=1S/C10H9FO/c11-10-6-3-5-9(8-10)4-1-2-7-12/h3,5-6,8,12H,4,7H2. The van der Waals surface area contributed by atoms with Crippen molar-refractivity contribution >= 4 is 0 Å².